The molecule has 20 heavy (non-hydrogen) atoms. The lowest BCUT2D eigenvalue weighted by Crippen LogP contribution is -2.18. The first-order valence-corrected chi connectivity index (χ1v) is 7.22. The number of hydrogen-bond acceptors (Lipinski definition) is 2. The minimum Gasteiger partial charge on any atom is -0.389 e. The lowest BCUT2D eigenvalue weighted by Gasteiger charge is -2.21. The third-order valence-corrected chi connectivity index (χ3v) is 3.97. The summed E-state index contributed by atoms with van der Waals surface area (Å²) in [7, 11) is 1.97. The van der Waals surface area contributed by atoms with Crippen LogP contribution in [0.3, 0.4) is 0 Å². The third-order valence-electron chi connectivity index (χ3n) is 2.99. The van der Waals surface area contributed by atoms with Crippen LogP contribution in [0.4, 0.5) is 10.1 Å². The maximum atomic E-state index is 13.1. The number of rotatable bonds is 4. The predicted octanol–water partition coefficient (Wildman–Crippen LogP) is 3.86. The van der Waals surface area contributed by atoms with Gasteiger partial charge in [0, 0.05) is 29.3 Å². The van der Waals surface area contributed by atoms with Gasteiger partial charge in [-0.1, -0.05) is 46.3 Å². The van der Waals surface area contributed by atoms with Gasteiger partial charge >= 0.3 is 0 Å². The van der Waals surface area contributed by atoms with Crippen LogP contribution >= 0.6 is 28.1 Å². The van der Waals surface area contributed by atoms with Crippen molar-refractivity contribution in [1.29, 1.82) is 0 Å². The monoisotopic (exact) mass is 352 g/mol. The van der Waals surface area contributed by atoms with Gasteiger partial charge in [0.1, 0.15) is 10.8 Å². The number of hydrogen-bond donors (Lipinski definition) is 1. The van der Waals surface area contributed by atoms with Crippen molar-refractivity contribution in [3.63, 3.8) is 0 Å². The SMILES string of the molecule is CN(Cc1ccc(F)cc1Br)c1cccc(C(N)=S)c1. The summed E-state index contributed by atoms with van der Waals surface area (Å²) in [6.07, 6.45) is 0. The van der Waals surface area contributed by atoms with Crippen molar-refractivity contribution in [2.75, 3.05) is 11.9 Å². The zero-order valence-electron chi connectivity index (χ0n) is 10.9. The van der Waals surface area contributed by atoms with E-state index in [0.29, 0.717) is 11.5 Å². The molecule has 0 fully saturated rings. The van der Waals surface area contributed by atoms with Crippen molar-refractivity contribution in [3.8, 4) is 0 Å². The Labute approximate surface area is 131 Å². The molecule has 0 atom stereocenters. The first kappa shape index (κ1) is 14.9. The Bertz CT molecular complexity index is 646. The molecule has 104 valence electrons. The molecule has 2 nitrogen and oxygen atoms in total. The molecule has 5 heteroatoms. The Hall–Kier alpha value is -1.46. The Morgan fingerprint density at radius 1 is 1.30 bits per heavy atom. The van der Waals surface area contributed by atoms with E-state index in [2.05, 4.69) is 20.8 Å². The molecule has 0 spiro atoms. The van der Waals surface area contributed by atoms with Crippen molar-refractivity contribution in [1.82, 2.24) is 0 Å². The average molecular weight is 353 g/mol. The molecule has 0 unspecified atom stereocenters. The van der Waals surface area contributed by atoms with Crippen molar-refractivity contribution >= 4 is 38.8 Å². The van der Waals surface area contributed by atoms with E-state index in [0.717, 1.165) is 21.3 Å². The second-order valence-electron chi connectivity index (χ2n) is 4.51. The van der Waals surface area contributed by atoms with Crippen LogP contribution in [0.2, 0.25) is 0 Å². The zero-order chi connectivity index (χ0) is 14.7. The molecule has 0 aliphatic carbocycles. The van der Waals surface area contributed by atoms with Gasteiger partial charge in [0.25, 0.3) is 0 Å². The first-order chi connectivity index (χ1) is 9.47. The van der Waals surface area contributed by atoms with Crippen molar-refractivity contribution < 1.29 is 4.39 Å². The van der Waals surface area contributed by atoms with Crippen molar-refractivity contribution in [2.45, 2.75) is 6.54 Å². The van der Waals surface area contributed by atoms with Crippen LogP contribution in [0.1, 0.15) is 11.1 Å². The summed E-state index contributed by atoms with van der Waals surface area (Å²) in [5.74, 6) is -0.251. The Morgan fingerprint density at radius 3 is 2.70 bits per heavy atom. The Kier molecular flexibility index (Phi) is 4.73. The molecule has 0 radical (unpaired) electrons. The summed E-state index contributed by atoms with van der Waals surface area (Å²) in [6.45, 7) is 0.654. The molecule has 0 bridgehead atoms. The molecule has 0 heterocycles. The van der Waals surface area contributed by atoms with Gasteiger partial charge in [-0.15, -0.1) is 0 Å². The summed E-state index contributed by atoms with van der Waals surface area (Å²) in [4.78, 5) is 2.43. The molecule has 2 aromatic rings. The smallest absolute Gasteiger partial charge is 0.124 e. The van der Waals surface area contributed by atoms with E-state index in [-0.39, 0.29) is 5.82 Å². The van der Waals surface area contributed by atoms with Crippen LogP contribution in [0.15, 0.2) is 46.9 Å². The molecule has 0 aromatic heterocycles. The van der Waals surface area contributed by atoms with E-state index < -0.39 is 0 Å². The summed E-state index contributed by atoms with van der Waals surface area (Å²) < 4.78 is 13.8. The van der Waals surface area contributed by atoms with Crippen LogP contribution in [0.25, 0.3) is 0 Å². The molecular formula is C15H14BrFN2S. The zero-order valence-corrected chi connectivity index (χ0v) is 13.3. The van der Waals surface area contributed by atoms with E-state index in [4.69, 9.17) is 18.0 Å². The molecule has 0 saturated carbocycles. The van der Waals surface area contributed by atoms with Gasteiger partial charge in [-0.3, -0.25) is 0 Å². The summed E-state index contributed by atoms with van der Waals surface area (Å²) in [6, 6.07) is 12.4. The van der Waals surface area contributed by atoms with Gasteiger partial charge in [-0.2, -0.15) is 0 Å². The van der Waals surface area contributed by atoms with Gasteiger partial charge in [0.2, 0.25) is 0 Å². The van der Waals surface area contributed by atoms with E-state index in [1.807, 2.05) is 31.3 Å². The number of thiocarbonyl (C=S) groups is 1. The van der Waals surface area contributed by atoms with Crippen LogP contribution < -0.4 is 10.6 Å². The fourth-order valence-electron chi connectivity index (χ4n) is 1.89. The number of nitrogens with zero attached hydrogens (tertiary/aromatic N) is 1. The second kappa shape index (κ2) is 6.33. The highest BCUT2D eigenvalue weighted by Gasteiger charge is 2.07. The van der Waals surface area contributed by atoms with Crippen LogP contribution in [-0.2, 0) is 6.54 Å². The maximum absolute atomic E-state index is 13.1. The van der Waals surface area contributed by atoms with E-state index in [9.17, 15) is 4.39 Å². The minimum absolute atomic E-state index is 0.251. The largest absolute Gasteiger partial charge is 0.389 e. The number of halogens is 2. The van der Waals surface area contributed by atoms with E-state index in [1.54, 1.807) is 6.07 Å². The van der Waals surface area contributed by atoms with E-state index >= 15 is 0 Å². The van der Waals surface area contributed by atoms with Crippen molar-refractivity contribution in [3.05, 3.63) is 63.9 Å². The molecule has 2 N–H and O–H groups in total. The summed E-state index contributed by atoms with van der Waals surface area (Å²) in [5, 5.41) is 0. The molecule has 0 aliphatic rings. The van der Waals surface area contributed by atoms with Crippen LogP contribution in [0, 0.1) is 5.82 Å². The average Bonchev–Trinajstić information content (AvgIpc) is 2.42. The lowest BCUT2D eigenvalue weighted by molar-refractivity contribution is 0.626. The molecule has 0 amide bonds. The van der Waals surface area contributed by atoms with E-state index in [1.165, 1.54) is 12.1 Å². The normalized spacial score (nSPS) is 10.3. The number of nitrogens with two attached hydrogens (primary N) is 1. The van der Waals surface area contributed by atoms with Crippen molar-refractivity contribution in [2.24, 2.45) is 5.73 Å². The fraction of sp³-hybridized carbons (Fsp3) is 0.133. The topological polar surface area (TPSA) is 29.3 Å². The Morgan fingerprint density at radius 2 is 2.05 bits per heavy atom. The number of benzene rings is 2. The summed E-state index contributed by atoms with van der Waals surface area (Å²) >= 11 is 8.36. The first-order valence-electron chi connectivity index (χ1n) is 6.02. The third kappa shape index (κ3) is 3.55. The maximum Gasteiger partial charge on any atom is 0.124 e. The second-order valence-corrected chi connectivity index (χ2v) is 5.80. The van der Waals surface area contributed by atoms with Gasteiger partial charge in [0.15, 0.2) is 0 Å². The van der Waals surface area contributed by atoms with Crippen LogP contribution in [-0.4, -0.2) is 12.0 Å². The molecule has 2 aromatic carbocycles. The van der Waals surface area contributed by atoms with Crippen LogP contribution in [0.5, 0.6) is 0 Å². The van der Waals surface area contributed by atoms with Gasteiger partial charge in [0.05, 0.1) is 0 Å². The summed E-state index contributed by atoms with van der Waals surface area (Å²) in [5.41, 5.74) is 8.49. The predicted molar refractivity (Wildman–Crippen MR) is 88.5 cm³/mol. The lowest BCUT2D eigenvalue weighted by atomic mass is 10.1. The highest BCUT2D eigenvalue weighted by atomic mass is 79.9. The molecule has 0 aliphatic heterocycles. The number of anilines is 1. The highest BCUT2D eigenvalue weighted by molar-refractivity contribution is 9.10. The molecule has 0 saturated heterocycles. The minimum atomic E-state index is -0.251. The highest BCUT2D eigenvalue weighted by Crippen LogP contribution is 2.22. The standard InChI is InChI=1S/C15H14BrFN2S/c1-19(9-11-5-6-12(17)8-14(11)16)13-4-2-3-10(7-13)15(18)20/h2-8H,9H2,1H3,(H2,18,20). The quantitative estimate of drug-likeness (QED) is 0.847. The Balaban J connectivity index is 2.21. The fourth-order valence-corrected chi connectivity index (χ4v) is 2.50. The van der Waals surface area contributed by atoms with Gasteiger partial charge in [-0.05, 0) is 29.8 Å². The van der Waals surface area contributed by atoms with Gasteiger partial charge in [-0.25, -0.2) is 4.39 Å². The molecule has 2 rings (SSSR count). The van der Waals surface area contributed by atoms with Gasteiger partial charge < -0.3 is 10.6 Å². The molecular weight excluding hydrogens is 339 g/mol.